The molecule has 4 aliphatic rings. The number of furan rings is 4. The molecule has 11 aromatic heterocycles. The van der Waals surface area contributed by atoms with Gasteiger partial charge >= 0.3 is 27.4 Å². The number of hydrogen-bond donors (Lipinski definition) is 0. The van der Waals surface area contributed by atoms with E-state index in [1.165, 1.54) is 44.2 Å². The summed E-state index contributed by atoms with van der Waals surface area (Å²) in [5, 5.41) is 4.25. The lowest BCUT2D eigenvalue weighted by Gasteiger charge is -2.23. The third-order valence-electron chi connectivity index (χ3n) is 21.9. The van der Waals surface area contributed by atoms with Crippen LogP contribution in [0.4, 0.5) is 23.3 Å². The molecule has 0 saturated carbocycles. The Morgan fingerprint density at radius 1 is 0.330 bits per heavy atom. The van der Waals surface area contributed by atoms with E-state index in [-0.39, 0.29) is 27.4 Å². The van der Waals surface area contributed by atoms with Crippen molar-refractivity contribution < 1.29 is 44.2 Å². The van der Waals surface area contributed by atoms with Gasteiger partial charge in [-0.25, -0.2) is 33.2 Å². The molecule has 0 aliphatic carbocycles. The van der Waals surface area contributed by atoms with Crippen molar-refractivity contribution in [1.29, 1.82) is 0 Å². The monoisotopic (exact) mass is 1470 g/mol. The van der Waals surface area contributed by atoms with Crippen LogP contribution in [0.1, 0.15) is 53.1 Å². The van der Waals surface area contributed by atoms with E-state index in [9.17, 15) is 0 Å². The van der Waals surface area contributed by atoms with Gasteiger partial charge in [-0.3, -0.25) is 19.2 Å². The lowest BCUT2D eigenvalue weighted by atomic mass is 9.54. The summed E-state index contributed by atoms with van der Waals surface area (Å²) >= 11 is 0. The highest BCUT2D eigenvalue weighted by Gasteiger charge is 2.42. The van der Waals surface area contributed by atoms with Crippen molar-refractivity contribution in [3.63, 3.8) is 0 Å². The van der Waals surface area contributed by atoms with E-state index in [2.05, 4.69) is 220 Å². The number of benzene rings is 5. The summed E-state index contributed by atoms with van der Waals surface area (Å²) in [5.74, 6) is 5.82. The minimum absolute atomic E-state index is 0.0149. The number of rotatable bonds is 8. The number of aryl methyl sites for hydroxylation is 8. The van der Waals surface area contributed by atoms with Crippen molar-refractivity contribution in [2.45, 2.75) is 54.8 Å². The van der Waals surface area contributed by atoms with Gasteiger partial charge in [0.1, 0.15) is 28.4 Å². The minimum Gasteiger partial charge on any atom is -0.457 e. The Kier molecular flexibility index (Phi) is 17.3. The number of hydrogen-bond acceptors (Lipinski definition) is 11. The van der Waals surface area contributed by atoms with Crippen molar-refractivity contribution in [2.24, 2.45) is 28.2 Å². The second-order valence-electron chi connectivity index (χ2n) is 29.0. The molecule has 0 spiro atoms. The summed E-state index contributed by atoms with van der Waals surface area (Å²) in [7, 11) is 7.96. The smallest absolute Gasteiger partial charge is 0.447 e. The molecule has 5 aromatic carbocycles. The predicted molar refractivity (Wildman–Crippen MR) is 460 cm³/mol. The van der Waals surface area contributed by atoms with Crippen LogP contribution in [0, 0.1) is 27.6 Å². The normalized spacial score (nSPS) is 14.3. The molecule has 0 atom stereocenters. The first-order valence-corrected chi connectivity index (χ1v) is 37.8. The molecule has 19 heteroatoms. The highest BCUT2D eigenvalue weighted by molar-refractivity contribution is 6.80. The maximum Gasteiger partial charge on any atom is 0.447 e. The van der Waals surface area contributed by atoms with Gasteiger partial charge in [0.25, 0.3) is 23.3 Å². The van der Waals surface area contributed by atoms with Crippen LogP contribution >= 0.6 is 0 Å². The lowest BCUT2D eigenvalue weighted by Crippen LogP contribution is -2.50. The highest BCUT2D eigenvalue weighted by atomic mass is 16.4. The van der Waals surface area contributed by atoms with E-state index < -0.39 is 13.7 Å². The molecule has 20 rings (SSSR count). The number of anilines is 4. The van der Waals surface area contributed by atoms with Gasteiger partial charge in [0.05, 0.1) is 77.8 Å². The minimum atomic E-state index is -2.22. The number of pyridine rings is 7. The van der Waals surface area contributed by atoms with Gasteiger partial charge in [-0.05, 0) is 165 Å². The molecule has 0 bridgehead atoms. The lowest BCUT2D eigenvalue weighted by molar-refractivity contribution is -0.658. The topological polar surface area (TPSA) is 120 Å². The second kappa shape index (κ2) is 30.0. The van der Waals surface area contributed by atoms with Crippen LogP contribution in [0.15, 0.2) is 292 Å². The second-order valence-corrected chi connectivity index (χ2v) is 29.0. The molecule has 15 nitrogen and oxygen atoms in total. The Balaban J connectivity index is 0.000000113. The Morgan fingerprint density at radius 3 is 1.11 bits per heavy atom. The van der Waals surface area contributed by atoms with Crippen LogP contribution in [0.5, 0.6) is 0 Å². The predicted octanol–water partition coefficient (Wildman–Crippen LogP) is 16.4. The van der Waals surface area contributed by atoms with E-state index in [1.807, 2.05) is 169 Å². The Morgan fingerprint density at radius 2 is 0.670 bits per heavy atom. The fourth-order valence-electron chi connectivity index (χ4n) is 16.1. The average molecular weight is 1470 g/mol. The summed E-state index contributed by atoms with van der Waals surface area (Å²) in [6, 6.07) is 68.9. The Hall–Kier alpha value is -13.3. The van der Waals surface area contributed by atoms with Crippen molar-refractivity contribution in [2.75, 3.05) is 19.2 Å². The summed E-state index contributed by atoms with van der Waals surface area (Å²) in [4.78, 5) is 21.9. The van der Waals surface area contributed by atoms with Crippen LogP contribution in [0.2, 0.25) is 27.3 Å². The molecular formula is C93H85B4N11O4+4. The summed E-state index contributed by atoms with van der Waals surface area (Å²) in [6.07, 6.45) is 29.5. The Labute approximate surface area is 663 Å². The van der Waals surface area contributed by atoms with Gasteiger partial charge < -0.3 is 17.7 Å². The van der Waals surface area contributed by atoms with Crippen molar-refractivity contribution in [1.82, 2.24) is 15.0 Å². The van der Waals surface area contributed by atoms with Gasteiger partial charge in [0.15, 0.2) is 0 Å². The maximum absolute atomic E-state index is 8.05. The number of fused-ring (bicyclic) bond motifs is 12. The van der Waals surface area contributed by atoms with Gasteiger partial charge in [0.2, 0.25) is 17.1 Å². The highest BCUT2D eigenvalue weighted by Crippen LogP contribution is 2.35. The van der Waals surface area contributed by atoms with Crippen LogP contribution in [0.3, 0.4) is 0 Å². The van der Waals surface area contributed by atoms with Gasteiger partial charge in [-0.15, -0.1) is 0 Å². The zero-order valence-electron chi connectivity index (χ0n) is 70.2. The third-order valence-corrected chi connectivity index (χ3v) is 21.9. The number of aromatic nitrogens is 7. The molecule has 15 heterocycles. The zero-order chi connectivity index (χ0) is 82.0. The molecule has 544 valence electrons. The molecule has 0 saturated heterocycles. The van der Waals surface area contributed by atoms with Gasteiger partial charge in [0, 0.05) is 118 Å². The van der Waals surface area contributed by atoms with Crippen LogP contribution < -0.4 is 59.8 Å². The molecule has 0 N–H and O–H groups in total. The summed E-state index contributed by atoms with van der Waals surface area (Å²) in [6.45, 7) is 8.70. The molecule has 0 amide bonds. The third kappa shape index (κ3) is 13.2. The first-order chi connectivity index (χ1) is 56.9. The zero-order valence-corrected chi connectivity index (χ0v) is 64.2. The van der Waals surface area contributed by atoms with E-state index in [0.717, 1.165) is 95.6 Å². The molecule has 0 fully saturated rings. The van der Waals surface area contributed by atoms with E-state index in [0.29, 0.717) is 39.4 Å². The maximum atomic E-state index is 8.05. The Bertz CT molecular complexity index is 6640. The van der Waals surface area contributed by atoms with Crippen LogP contribution in [-0.4, -0.2) is 42.3 Å². The molecule has 4 aliphatic heterocycles. The molecule has 0 radical (unpaired) electrons. The van der Waals surface area contributed by atoms with E-state index in [4.69, 9.17) is 25.9 Å². The van der Waals surface area contributed by atoms with Crippen molar-refractivity contribution in [3.05, 3.63) is 319 Å². The summed E-state index contributed by atoms with van der Waals surface area (Å²) in [5.41, 5.74) is 20.5. The molecule has 112 heavy (non-hydrogen) atoms. The standard InChI is InChI=1S/C24H22BN2O.3C23H21BN3O/c1-17-15-23(26(3)16-20(17)18-9-5-4-6-10-18)27-14-13-22-24(25(27)2)19-11-7-8-12-21(19)28-22;1-16-15-26(3)21(14-20(16)17-8-5-4-6-9-17)27-13-11-18-19-10-7-12-25-23(19)28-22(18)24(27)2;1-16-15-26(3)21(14-19(16)17-8-5-4-6-9-17)27-13-11-20-22(24(27)2)18-10-7-12-25-23(18)28-20;1-16-14-21(26(3)15-20(16)17-8-5-4-6-9-17)27-13-11-18-19-10-7-12-25-23(19)28-22(18)24(27)2/h4-16H,1-3H3;3*4-15H,1-3H3/q4*+1/i;2*1D3;. The van der Waals surface area contributed by atoms with E-state index >= 15 is 0 Å². The summed E-state index contributed by atoms with van der Waals surface area (Å²) < 4.78 is 80.6. The molecule has 16 aromatic rings. The van der Waals surface area contributed by atoms with Crippen molar-refractivity contribution in [3.8, 4) is 44.5 Å². The first-order valence-electron chi connectivity index (χ1n) is 40.8. The quantitative estimate of drug-likeness (QED) is 0.107. The fraction of sp³-hybridized carbons (Fsp3) is 0.129. The largest absolute Gasteiger partial charge is 0.457 e. The molecular weight excluding hydrogens is 1380 g/mol. The fourth-order valence-corrected chi connectivity index (χ4v) is 16.1. The number of nitrogens with zero attached hydrogens (tertiary/aromatic N) is 11. The van der Waals surface area contributed by atoms with Crippen molar-refractivity contribution >= 4 is 141 Å². The SMILES string of the molecule is CB1c2c(oc3ccccc23)C=CN1c1cc(C)c(-c2ccccc2)c[n+]1C.CB1c2oc3ncccc3c2C=CN1c1cc(C)c(-c2ccccc2)c[n+]1C.[2H]C([2H])([2H])c1c[n+](C)c(N2C=Cc3c(oc4ncccc34)B2C)cc1-c1ccccc1.[2H]C([2H])([2H])c1c[n+](C)c(N2C=Cc3oc4ncccc4c3B2C)cc1-c1ccccc1. The molecule has 0 unspecified atom stereocenters. The van der Waals surface area contributed by atoms with Crippen LogP contribution in [0.25, 0.3) is 113 Å². The average Bonchev–Trinajstić information content (AvgIpc) is 1.65. The van der Waals surface area contributed by atoms with Crippen LogP contribution in [-0.2, 0) is 28.2 Å². The first kappa shape index (κ1) is 64.7. The van der Waals surface area contributed by atoms with E-state index in [1.54, 1.807) is 31.0 Å². The number of para-hydroxylation sites is 1. The van der Waals surface area contributed by atoms with Gasteiger partial charge in [-0.2, -0.15) is 0 Å². The van der Waals surface area contributed by atoms with Gasteiger partial charge in [-0.1, -0.05) is 140 Å².